The van der Waals surface area contributed by atoms with Crippen molar-refractivity contribution in [3.05, 3.63) is 97.2 Å². The van der Waals surface area contributed by atoms with Crippen LogP contribution in [-0.4, -0.2) is 96.7 Å². The van der Waals surface area contributed by atoms with Crippen molar-refractivity contribution in [3.63, 3.8) is 0 Å². The van der Waals surface area contributed by atoms with E-state index in [1.54, 1.807) is 0 Å². The van der Waals surface area contributed by atoms with Crippen molar-refractivity contribution in [1.29, 1.82) is 0 Å². The van der Waals surface area contributed by atoms with Gasteiger partial charge in [-0.1, -0.05) is 279 Å². The Morgan fingerprint density at radius 2 is 0.520 bits per heavy atom. The Hall–Kier alpha value is -4.02. The third-order valence-corrected chi connectivity index (χ3v) is 18.4. The lowest BCUT2D eigenvalue weighted by Gasteiger charge is -2.21. The van der Waals surface area contributed by atoms with Gasteiger partial charge in [0.1, 0.15) is 19.3 Å². The van der Waals surface area contributed by atoms with E-state index in [0.717, 1.165) is 161 Å². The standard InChI is InChI=1S/C81H142O17P2/c1-5-9-13-17-21-25-29-33-35-36-37-38-40-44-46-50-54-58-62-66-79(84)92-72-77(98-81(86)68-64-60-56-52-48-42-32-28-24-20-16-12-8-4)74-96-100(89,90)94-70-75(82)69-93-99(87,88)95-73-76(97-80(85)67-63-59-55-51-47-41-31-27-23-19-15-11-7-3)71-91-78(83)65-61-57-53-49-45-43-39-34-30-26-22-18-14-10-6-2/h10,14,21-22,25-27,31,33-35,37-39,45,49,75-77,82H,5-9,11-13,15-20,23-24,28-30,32,36,40-44,46-48,50-74H2,1-4H3,(H,87,88)(H,89,90)/b14-10-,25-21-,26-22-,31-27-,35-33-,38-37-,39-34-,49-45-. The summed E-state index contributed by atoms with van der Waals surface area (Å²) in [5.74, 6) is -2.23. The van der Waals surface area contributed by atoms with Crippen LogP contribution in [0.2, 0.25) is 0 Å². The highest BCUT2D eigenvalue weighted by molar-refractivity contribution is 7.47. The minimum Gasteiger partial charge on any atom is -0.462 e. The van der Waals surface area contributed by atoms with E-state index in [4.69, 9.17) is 37.0 Å². The molecule has 0 aliphatic heterocycles. The summed E-state index contributed by atoms with van der Waals surface area (Å²) in [4.78, 5) is 72.9. The Balaban J connectivity index is 5.35. The molecule has 0 heterocycles. The number of aliphatic hydroxyl groups excluding tert-OH is 1. The highest BCUT2D eigenvalue weighted by atomic mass is 31.2. The molecule has 5 unspecified atom stereocenters. The van der Waals surface area contributed by atoms with E-state index >= 15 is 0 Å². The summed E-state index contributed by atoms with van der Waals surface area (Å²) >= 11 is 0. The maximum absolute atomic E-state index is 13.1. The van der Waals surface area contributed by atoms with Gasteiger partial charge >= 0.3 is 39.5 Å². The fourth-order valence-electron chi connectivity index (χ4n) is 10.5. The van der Waals surface area contributed by atoms with E-state index in [2.05, 4.69) is 125 Å². The first-order chi connectivity index (χ1) is 48.7. The molecule has 0 fully saturated rings. The number of esters is 4. The van der Waals surface area contributed by atoms with Crippen LogP contribution in [-0.2, 0) is 65.4 Å². The molecule has 0 aromatic heterocycles. The van der Waals surface area contributed by atoms with Crippen LogP contribution in [0.25, 0.3) is 0 Å². The van der Waals surface area contributed by atoms with Crippen LogP contribution in [0.4, 0.5) is 0 Å². The molecule has 0 radical (unpaired) electrons. The van der Waals surface area contributed by atoms with Crippen molar-refractivity contribution in [3.8, 4) is 0 Å². The maximum Gasteiger partial charge on any atom is 0.472 e. The molecule has 0 saturated carbocycles. The molecule has 19 heteroatoms. The quantitative estimate of drug-likeness (QED) is 0.0169. The molecule has 0 rings (SSSR count). The van der Waals surface area contributed by atoms with Gasteiger partial charge in [0.05, 0.1) is 26.4 Å². The van der Waals surface area contributed by atoms with Crippen LogP contribution in [0.1, 0.15) is 336 Å². The summed E-state index contributed by atoms with van der Waals surface area (Å²) in [6.07, 6.45) is 76.8. The Morgan fingerprint density at radius 1 is 0.290 bits per heavy atom. The molecule has 0 spiro atoms. The number of hydrogen-bond donors (Lipinski definition) is 3. The van der Waals surface area contributed by atoms with E-state index in [1.807, 2.05) is 0 Å². The van der Waals surface area contributed by atoms with Crippen molar-refractivity contribution in [2.24, 2.45) is 0 Å². The third kappa shape index (κ3) is 72.3. The first-order valence-corrected chi connectivity index (χ1v) is 42.5. The van der Waals surface area contributed by atoms with Gasteiger partial charge in [0.15, 0.2) is 12.2 Å². The fourth-order valence-corrected chi connectivity index (χ4v) is 12.1. The van der Waals surface area contributed by atoms with E-state index in [-0.39, 0.29) is 25.7 Å². The Kier molecular flexibility index (Phi) is 70.4. The lowest BCUT2D eigenvalue weighted by molar-refractivity contribution is -0.161. The Labute approximate surface area is 607 Å². The minimum atomic E-state index is -4.98. The zero-order valence-corrected chi connectivity index (χ0v) is 64.9. The second-order valence-electron chi connectivity index (χ2n) is 26.3. The van der Waals surface area contributed by atoms with Crippen LogP contribution < -0.4 is 0 Å². The Bertz CT molecular complexity index is 2270. The second-order valence-corrected chi connectivity index (χ2v) is 29.2. The SMILES string of the molecule is CC/C=C\C/C=C\C/C=C\C/C=C\CCCCC(=O)OCC(COP(=O)(O)OCC(O)COP(=O)(O)OCC(COC(=O)CCCCCCCC/C=C\C/C=C\C/C=C\CCCCC)OC(=O)CCCCCCCCCCCCCCC)OC(=O)CCCCCCC/C=C\CCCCCC. The van der Waals surface area contributed by atoms with Crippen molar-refractivity contribution in [1.82, 2.24) is 0 Å². The van der Waals surface area contributed by atoms with Crippen LogP contribution in [0, 0.1) is 0 Å². The van der Waals surface area contributed by atoms with E-state index in [1.165, 1.54) is 96.3 Å². The summed E-state index contributed by atoms with van der Waals surface area (Å²) in [6, 6.07) is 0. The lowest BCUT2D eigenvalue weighted by Crippen LogP contribution is -2.30. The summed E-state index contributed by atoms with van der Waals surface area (Å²) in [5, 5.41) is 10.6. The van der Waals surface area contributed by atoms with Gasteiger partial charge in [-0.2, -0.15) is 0 Å². The monoisotopic (exact) mass is 1450 g/mol. The van der Waals surface area contributed by atoms with E-state index in [0.29, 0.717) is 25.7 Å². The van der Waals surface area contributed by atoms with Crippen molar-refractivity contribution < 1.29 is 80.2 Å². The van der Waals surface area contributed by atoms with Crippen LogP contribution in [0.3, 0.4) is 0 Å². The average molecular weight is 1450 g/mol. The molecular weight excluding hydrogens is 1310 g/mol. The number of rotatable bonds is 74. The number of carbonyl (C=O) groups excluding carboxylic acids is 4. The Morgan fingerprint density at radius 3 is 0.860 bits per heavy atom. The van der Waals surface area contributed by atoms with Gasteiger partial charge in [0, 0.05) is 25.7 Å². The lowest BCUT2D eigenvalue weighted by atomic mass is 10.0. The van der Waals surface area contributed by atoms with Crippen molar-refractivity contribution in [2.75, 3.05) is 39.6 Å². The zero-order valence-electron chi connectivity index (χ0n) is 63.1. The summed E-state index contributed by atoms with van der Waals surface area (Å²) in [6.45, 7) is 4.68. The largest absolute Gasteiger partial charge is 0.472 e. The van der Waals surface area contributed by atoms with Crippen molar-refractivity contribution in [2.45, 2.75) is 354 Å². The smallest absolute Gasteiger partial charge is 0.462 e. The van der Waals surface area contributed by atoms with Crippen molar-refractivity contribution >= 4 is 39.5 Å². The first kappa shape index (κ1) is 96.0. The molecule has 0 saturated heterocycles. The number of allylic oxidation sites excluding steroid dienone is 16. The molecule has 0 aromatic carbocycles. The number of phosphoric acid groups is 2. The summed E-state index contributed by atoms with van der Waals surface area (Å²) in [5.41, 5.74) is 0. The summed E-state index contributed by atoms with van der Waals surface area (Å²) in [7, 11) is -9.96. The molecule has 578 valence electrons. The van der Waals surface area contributed by atoms with Gasteiger partial charge < -0.3 is 33.8 Å². The summed E-state index contributed by atoms with van der Waals surface area (Å²) < 4.78 is 68.5. The third-order valence-electron chi connectivity index (χ3n) is 16.5. The predicted octanol–water partition coefficient (Wildman–Crippen LogP) is 22.8. The molecule has 0 amide bonds. The number of unbranched alkanes of at least 4 members (excludes halogenated alkanes) is 32. The molecule has 0 aliphatic rings. The molecule has 100 heavy (non-hydrogen) atoms. The van der Waals surface area contributed by atoms with Crippen LogP contribution >= 0.6 is 15.6 Å². The second kappa shape index (κ2) is 73.3. The highest BCUT2D eigenvalue weighted by Gasteiger charge is 2.30. The van der Waals surface area contributed by atoms with Gasteiger partial charge in [-0.3, -0.25) is 37.3 Å². The van der Waals surface area contributed by atoms with Gasteiger partial charge in [0.2, 0.25) is 0 Å². The number of hydrogen-bond acceptors (Lipinski definition) is 15. The predicted molar refractivity (Wildman–Crippen MR) is 409 cm³/mol. The average Bonchev–Trinajstić information content (AvgIpc) is 0.936. The molecular formula is C81H142O17P2. The molecule has 3 N–H and O–H groups in total. The fraction of sp³-hybridized carbons (Fsp3) is 0.753. The zero-order chi connectivity index (χ0) is 73.2. The number of carbonyl (C=O) groups is 4. The maximum atomic E-state index is 13.1. The van der Waals surface area contributed by atoms with Gasteiger partial charge in [-0.15, -0.1) is 0 Å². The normalized spacial score (nSPS) is 14.4. The molecule has 0 bridgehead atoms. The highest BCUT2D eigenvalue weighted by Crippen LogP contribution is 2.45. The van der Waals surface area contributed by atoms with Crippen LogP contribution in [0.15, 0.2) is 97.2 Å². The number of ether oxygens (including phenoxy) is 4. The molecule has 17 nitrogen and oxygen atoms in total. The van der Waals surface area contributed by atoms with Gasteiger partial charge in [-0.25, -0.2) is 9.13 Å². The van der Waals surface area contributed by atoms with Gasteiger partial charge in [0.25, 0.3) is 0 Å². The molecule has 5 atom stereocenters. The molecule has 0 aliphatic carbocycles. The minimum absolute atomic E-state index is 0.0761. The van der Waals surface area contributed by atoms with E-state index in [9.17, 15) is 43.2 Å². The first-order valence-electron chi connectivity index (χ1n) is 39.5. The number of phosphoric ester groups is 2. The molecule has 0 aromatic rings. The topological polar surface area (TPSA) is 237 Å². The number of aliphatic hydroxyl groups is 1. The van der Waals surface area contributed by atoms with Gasteiger partial charge in [-0.05, 0) is 128 Å². The van der Waals surface area contributed by atoms with Crippen LogP contribution in [0.5, 0.6) is 0 Å². The van der Waals surface area contributed by atoms with E-state index < -0.39 is 97.5 Å².